The van der Waals surface area contributed by atoms with Crippen LogP contribution in [0.25, 0.3) is 0 Å². The molecule has 0 saturated carbocycles. The number of likely N-dealkylation sites (tertiary alicyclic amines) is 1. The zero-order valence-electron chi connectivity index (χ0n) is 13.0. The van der Waals surface area contributed by atoms with Crippen molar-refractivity contribution < 1.29 is 9.53 Å². The van der Waals surface area contributed by atoms with Crippen LogP contribution in [0.15, 0.2) is 24.3 Å². The number of carbonyl (C=O) groups excluding carboxylic acids is 1. The van der Waals surface area contributed by atoms with Crippen molar-refractivity contribution in [2.45, 2.75) is 25.4 Å². The fourth-order valence-electron chi connectivity index (χ4n) is 3.32. The minimum atomic E-state index is 0.152. The van der Waals surface area contributed by atoms with Crippen molar-refractivity contribution >= 4 is 5.91 Å². The lowest BCUT2D eigenvalue weighted by Crippen LogP contribution is -2.46. The number of amides is 1. The van der Waals surface area contributed by atoms with Gasteiger partial charge in [0, 0.05) is 44.3 Å². The zero-order chi connectivity index (χ0) is 15.4. The number of hydrogen-bond donors (Lipinski definition) is 1. The average molecular weight is 303 g/mol. The molecular formula is C17H25N3O2. The molecule has 1 aromatic rings. The van der Waals surface area contributed by atoms with Crippen LogP contribution in [0.5, 0.6) is 0 Å². The van der Waals surface area contributed by atoms with Crippen LogP contribution in [0.4, 0.5) is 0 Å². The minimum absolute atomic E-state index is 0.152. The summed E-state index contributed by atoms with van der Waals surface area (Å²) in [6.07, 6.45) is 2.20. The van der Waals surface area contributed by atoms with Crippen molar-refractivity contribution in [3.05, 3.63) is 35.4 Å². The normalized spacial score (nSPS) is 23.0. The number of rotatable bonds is 4. The van der Waals surface area contributed by atoms with Crippen molar-refractivity contribution in [1.82, 2.24) is 9.80 Å². The van der Waals surface area contributed by atoms with Crippen molar-refractivity contribution in [3.63, 3.8) is 0 Å². The van der Waals surface area contributed by atoms with E-state index in [1.165, 1.54) is 0 Å². The molecule has 0 aliphatic carbocycles. The Hall–Kier alpha value is -1.43. The average Bonchev–Trinajstić information content (AvgIpc) is 3.03. The second-order valence-electron chi connectivity index (χ2n) is 6.11. The monoisotopic (exact) mass is 303 g/mol. The van der Waals surface area contributed by atoms with Gasteiger partial charge in [-0.2, -0.15) is 0 Å². The molecule has 3 rings (SSSR count). The van der Waals surface area contributed by atoms with Gasteiger partial charge < -0.3 is 15.4 Å². The van der Waals surface area contributed by atoms with Gasteiger partial charge in [-0.25, -0.2) is 0 Å². The lowest BCUT2D eigenvalue weighted by molar-refractivity contribution is 0.0261. The van der Waals surface area contributed by atoms with E-state index in [-0.39, 0.29) is 5.91 Å². The van der Waals surface area contributed by atoms with Gasteiger partial charge in [-0.05, 0) is 30.5 Å². The van der Waals surface area contributed by atoms with E-state index in [2.05, 4.69) is 4.90 Å². The Kier molecular flexibility index (Phi) is 5.08. The highest BCUT2D eigenvalue weighted by atomic mass is 16.5. The van der Waals surface area contributed by atoms with Gasteiger partial charge >= 0.3 is 0 Å². The predicted molar refractivity (Wildman–Crippen MR) is 85.7 cm³/mol. The van der Waals surface area contributed by atoms with Gasteiger partial charge in [0.05, 0.1) is 13.2 Å². The fraction of sp³-hybridized carbons (Fsp3) is 0.588. The van der Waals surface area contributed by atoms with E-state index in [1.54, 1.807) is 0 Å². The fourth-order valence-corrected chi connectivity index (χ4v) is 3.32. The third-order valence-corrected chi connectivity index (χ3v) is 4.65. The van der Waals surface area contributed by atoms with E-state index in [4.69, 9.17) is 10.5 Å². The molecule has 0 spiro atoms. The third-order valence-electron chi connectivity index (χ3n) is 4.65. The number of morpholine rings is 1. The van der Waals surface area contributed by atoms with Gasteiger partial charge in [0.15, 0.2) is 0 Å². The summed E-state index contributed by atoms with van der Waals surface area (Å²) in [5.41, 5.74) is 7.44. The van der Waals surface area contributed by atoms with E-state index < -0.39 is 0 Å². The van der Waals surface area contributed by atoms with Gasteiger partial charge in [-0.15, -0.1) is 0 Å². The van der Waals surface area contributed by atoms with Crippen molar-refractivity contribution in [1.29, 1.82) is 0 Å². The van der Waals surface area contributed by atoms with Crippen molar-refractivity contribution in [2.75, 3.05) is 39.4 Å². The third kappa shape index (κ3) is 3.48. The number of benzene rings is 1. The summed E-state index contributed by atoms with van der Waals surface area (Å²) in [6, 6.07) is 8.02. The van der Waals surface area contributed by atoms with E-state index in [9.17, 15) is 4.79 Å². The Bertz CT molecular complexity index is 497. The summed E-state index contributed by atoms with van der Waals surface area (Å²) in [7, 11) is 0. The molecule has 5 nitrogen and oxygen atoms in total. The molecule has 22 heavy (non-hydrogen) atoms. The molecule has 5 heteroatoms. The molecule has 1 aromatic carbocycles. The smallest absolute Gasteiger partial charge is 0.254 e. The predicted octanol–water partition coefficient (Wildman–Crippen LogP) is 1.08. The summed E-state index contributed by atoms with van der Waals surface area (Å²) in [5.74, 6) is 0.152. The summed E-state index contributed by atoms with van der Waals surface area (Å²) < 4.78 is 5.40. The van der Waals surface area contributed by atoms with Crippen LogP contribution < -0.4 is 5.73 Å². The minimum Gasteiger partial charge on any atom is -0.379 e. The second kappa shape index (κ2) is 7.22. The molecule has 2 aliphatic heterocycles. The van der Waals surface area contributed by atoms with Crippen LogP contribution >= 0.6 is 0 Å². The molecule has 0 aromatic heterocycles. The van der Waals surface area contributed by atoms with Crippen LogP contribution in [0.2, 0.25) is 0 Å². The molecule has 1 atom stereocenters. The standard InChI is InChI=1S/C17H25N3O2/c18-12-14-3-5-15(6-4-14)17(21)20-7-1-2-16(20)13-19-8-10-22-11-9-19/h3-6,16H,1-2,7-13,18H2. The molecule has 0 bridgehead atoms. The van der Waals surface area contributed by atoms with Crippen LogP contribution in [0, 0.1) is 0 Å². The molecule has 1 amide bonds. The van der Waals surface area contributed by atoms with Gasteiger partial charge in [-0.3, -0.25) is 9.69 Å². The van der Waals surface area contributed by atoms with E-state index in [0.29, 0.717) is 12.6 Å². The molecule has 2 N–H and O–H groups in total. The van der Waals surface area contributed by atoms with Crippen molar-refractivity contribution in [2.24, 2.45) is 5.73 Å². The van der Waals surface area contributed by atoms with Gasteiger partial charge in [0.2, 0.25) is 0 Å². The van der Waals surface area contributed by atoms with Crippen LogP contribution in [-0.4, -0.2) is 61.1 Å². The van der Waals surface area contributed by atoms with Crippen LogP contribution in [0.1, 0.15) is 28.8 Å². The molecule has 1 unspecified atom stereocenters. The Morgan fingerprint density at radius 2 is 1.91 bits per heavy atom. The Morgan fingerprint density at radius 1 is 1.18 bits per heavy atom. The summed E-state index contributed by atoms with van der Waals surface area (Å²) >= 11 is 0. The SMILES string of the molecule is NCc1ccc(C(=O)N2CCCC2CN2CCOCC2)cc1. The summed E-state index contributed by atoms with van der Waals surface area (Å²) in [4.78, 5) is 17.2. The van der Waals surface area contributed by atoms with E-state index in [0.717, 1.165) is 63.4 Å². The maximum Gasteiger partial charge on any atom is 0.254 e. The highest BCUT2D eigenvalue weighted by molar-refractivity contribution is 5.94. The number of ether oxygens (including phenoxy) is 1. The van der Waals surface area contributed by atoms with Crippen molar-refractivity contribution in [3.8, 4) is 0 Å². The first-order valence-corrected chi connectivity index (χ1v) is 8.18. The first-order valence-electron chi connectivity index (χ1n) is 8.18. The molecule has 2 saturated heterocycles. The number of nitrogens with two attached hydrogens (primary N) is 1. The molecule has 2 fully saturated rings. The first kappa shape index (κ1) is 15.5. The molecule has 120 valence electrons. The van der Waals surface area contributed by atoms with E-state index in [1.807, 2.05) is 29.2 Å². The molecular weight excluding hydrogens is 278 g/mol. The summed E-state index contributed by atoms with van der Waals surface area (Å²) in [5, 5.41) is 0. The lowest BCUT2D eigenvalue weighted by atomic mass is 10.1. The first-order chi connectivity index (χ1) is 10.8. The van der Waals surface area contributed by atoms with E-state index >= 15 is 0 Å². The topological polar surface area (TPSA) is 58.8 Å². The molecule has 0 radical (unpaired) electrons. The number of nitrogens with zero attached hydrogens (tertiary/aromatic N) is 2. The van der Waals surface area contributed by atoms with Gasteiger partial charge in [0.25, 0.3) is 5.91 Å². The van der Waals surface area contributed by atoms with Crippen LogP contribution in [0.3, 0.4) is 0 Å². The molecule has 2 aliphatic rings. The highest BCUT2D eigenvalue weighted by Crippen LogP contribution is 2.21. The van der Waals surface area contributed by atoms with Crippen LogP contribution in [-0.2, 0) is 11.3 Å². The summed E-state index contributed by atoms with van der Waals surface area (Å²) in [6.45, 7) is 5.91. The zero-order valence-corrected chi connectivity index (χ0v) is 13.0. The van der Waals surface area contributed by atoms with Gasteiger partial charge in [0.1, 0.15) is 0 Å². The maximum absolute atomic E-state index is 12.8. The Labute approximate surface area is 132 Å². The largest absolute Gasteiger partial charge is 0.379 e. The number of carbonyl (C=O) groups is 1. The maximum atomic E-state index is 12.8. The quantitative estimate of drug-likeness (QED) is 0.904. The number of hydrogen-bond acceptors (Lipinski definition) is 4. The second-order valence-corrected chi connectivity index (χ2v) is 6.11. The molecule has 2 heterocycles. The van der Waals surface area contributed by atoms with Gasteiger partial charge in [-0.1, -0.05) is 12.1 Å². The highest BCUT2D eigenvalue weighted by Gasteiger charge is 2.31. The Balaban J connectivity index is 1.64. The lowest BCUT2D eigenvalue weighted by Gasteiger charge is -2.33. The Morgan fingerprint density at radius 3 is 2.59 bits per heavy atom.